The van der Waals surface area contributed by atoms with Crippen molar-refractivity contribution in [2.45, 2.75) is 64.1 Å². The Hall–Kier alpha value is -3.06. The van der Waals surface area contributed by atoms with Gasteiger partial charge in [-0.25, -0.2) is 0 Å². The largest absolute Gasteiger partial charge is 0.497 e. The lowest BCUT2D eigenvalue weighted by Gasteiger charge is -2.32. The molecule has 0 radical (unpaired) electrons. The summed E-state index contributed by atoms with van der Waals surface area (Å²) in [4.78, 5) is 28.7. The molecule has 0 bridgehead atoms. The molecule has 0 aromatic heterocycles. The Bertz CT molecular complexity index is 1230. The summed E-state index contributed by atoms with van der Waals surface area (Å²) in [6.07, 6.45) is 5.96. The average Bonchev–Trinajstić information content (AvgIpc) is 2.93. The number of halogens is 1. The van der Waals surface area contributed by atoms with Gasteiger partial charge in [0.05, 0.1) is 11.6 Å². The van der Waals surface area contributed by atoms with Gasteiger partial charge in [0.1, 0.15) is 17.5 Å². The van der Waals surface area contributed by atoms with E-state index in [4.69, 9.17) is 9.47 Å². The number of carbonyl (C=O) groups excluding carboxylic acids is 2. The Morgan fingerprint density at radius 3 is 2.59 bits per heavy atom. The van der Waals surface area contributed by atoms with Crippen LogP contribution in [0, 0.1) is 0 Å². The highest BCUT2D eigenvalue weighted by Gasteiger charge is 2.30. The van der Waals surface area contributed by atoms with Crippen molar-refractivity contribution in [2.75, 3.05) is 13.7 Å². The van der Waals surface area contributed by atoms with Gasteiger partial charge in [-0.3, -0.25) is 9.59 Å². The highest BCUT2D eigenvalue weighted by molar-refractivity contribution is 9.10. The van der Waals surface area contributed by atoms with Gasteiger partial charge in [0.25, 0.3) is 5.91 Å². The second-order valence-corrected chi connectivity index (χ2v) is 10.3. The maximum atomic E-state index is 13.6. The number of benzene rings is 3. The molecule has 2 amide bonds. The smallest absolute Gasteiger partial charge is 0.261 e. The van der Waals surface area contributed by atoms with E-state index >= 15 is 0 Å². The van der Waals surface area contributed by atoms with Crippen molar-refractivity contribution in [3.63, 3.8) is 0 Å². The van der Waals surface area contributed by atoms with Crippen molar-refractivity contribution < 1.29 is 19.1 Å². The molecule has 0 heterocycles. The van der Waals surface area contributed by atoms with Crippen molar-refractivity contribution in [1.82, 2.24) is 10.2 Å². The van der Waals surface area contributed by atoms with Gasteiger partial charge in [-0.15, -0.1) is 0 Å². The lowest BCUT2D eigenvalue weighted by Crippen LogP contribution is -2.52. The van der Waals surface area contributed by atoms with Crippen LogP contribution in [-0.2, 0) is 16.1 Å². The fourth-order valence-corrected chi connectivity index (χ4v) is 5.59. The molecular weight excluding hydrogens is 532 g/mol. The number of rotatable bonds is 10. The number of fused-ring (bicyclic) bond motifs is 1. The van der Waals surface area contributed by atoms with Crippen LogP contribution in [0.4, 0.5) is 0 Å². The zero-order valence-corrected chi connectivity index (χ0v) is 23.1. The van der Waals surface area contributed by atoms with Crippen LogP contribution < -0.4 is 14.8 Å². The van der Waals surface area contributed by atoms with Crippen LogP contribution in [-0.4, -0.2) is 42.5 Å². The molecule has 1 aliphatic rings. The van der Waals surface area contributed by atoms with E-state index < -0.39 is 6.04 Å². The Morgan fingerprint density at radius 2 is 1.84 bits per heavy atom. The van der Waals surface area contributed by atoms with Crippen LogP contribution in [0.25, 0.3) is 10.8 Å². The van der Waals surface area contributed by atoms with Gasteiger partial charge in [-0.1, -0.05) is 68.7 Å². The molecule has 3 aromatic rings. The van der Waals surface area contributed by atoms with Crippen LogP contribution in [0.3, 0.4) is 0 Å². The normalized spacial score (nSPS) is 14.7. The first-order valence-electron chi connectivity index (χ1n) is 13.0. The van der Waals surface area contributed by atoms with Crippen molar-refractivity contribution in [2.24, 2.45) is 0 Å². The van der Waals surface area contributed by atoms with Crippen molar-refractivity contribution >= 4 is 38.5 Å². The number of ether oxygens (including phenoxy) is 2. The molecule has 7 heteroatoms. The van der Waals surface area contributed by atoms with E-state index in [9.17, 15) is 9.59 Å². The molecule has 37 heavy (non-hydrogen) atoms. The summed E-state index contributed by atoms with van der Waals surface area (Å²) < 4.78 is 12.2. The third-order valence-electron chi connectivity index (χ3n) is 7.00. The number of carbonyl (C=O) groups is 2. The van der Waals surface area contributed by atoms with E-state index in [1.165, 1.54) is 6.42 Å². The molecule has 4 rings (SSSR count). The molecule has 1 atom stereocenters. The Morgan fingerprint density at radius 1 is 1.05 bits per heavy atom. The second kappa shape index (κ2) is 13.0. The minimum Gasteiger partial charge on any atom is -0.497 e. The maximum absolute atomic E-state index is 13.6. The second-order valence-electron chi connectivity index (χ2n) is 9.53. The topological polar surface area (TPSA) is 67.9 Å². The fraction of sp³-hybridized carbons (Fsp3) is 0.400. The van der Waals surface area contributed by atoms with E-state index in [0.717, 1.165) is 46.5 Å². The van der Waals surface area contributed by atoms with Crippen LogP contribution in [0.1, 0.15) is 51.0 Å². The van der Waals surface area contributed by atoms with E-state index in [2.05, 4.69) is 21.2 Å². The highest BCUT2D eigenvalue weighted by atomic mass is 79.9. The van der Waals surface area contributed by atoms with E-state index in [1.807, 2.05) is 67.6 Å². The summed E-state index contributed by atoms with van der Waals surface area (Å²) in [5, 5.41) is 5.31. The zero-order valence-electron chi connectivity index (χ0n) is 21.5. The summed E-state index contributed by atoms with van der Waals surface area (Å²) >= 11 is 3.63. The maximum Gasteiger partial charge on any atom is 0.261 e. The van der Waals surface area contributed by atoms with E-state index in [0.29, 0.717) is 17.9 Å². The summed E-state index contributed by atoms with van der Waals surface area (Å²) in [6.45, 7) is 2.06. The van der Waals surface area contributed by atoms with Gasteiger partial charge in [0.2, 0.25) is 5.91 Å². The molecule has 196 valence electrons. The minimum absolute atomic E-state index is 0.0995. The predicted octanol–water partition coefficient (Wildman–Crippen LogP) is 6.25. The highest BCUT2D eigenvalue weighted by Crippen LogP contribution is 2.33. The molecule has 1 saturated carbocycles. The Labute approximate surface area is 227 Å². The molecule has 6 nitrogen and oxygen atoms in total. The third kappa shape index (κ3) is 6.83. The van der Waals surface area contributed by atoms with Crippen LogP contribution in [0.2, 0.25) is 0 Å². The molecule has 1 fully saturated rings. The van der Waals surface area contributed by atoms with Crippen molar-refractivity contribution in [1.29, 1.82) is 0 Å². The molecule has 0 saturated heterocycles. The number of methoxy groups -OCH3 is 1. The first-order valence-corrected chi connectivity index (χ1v) is 13.8. The summed E-state index contributed by atoms with van der Waals surface area (Å²) in [5.41, 5.74) is 0.892. The number of hydrogen-bond donors (Lipinski definition) is 1. The molecule has 3 aromatic carbocycles. The molecule has 1 aliphatic carbocycles. The van der Waals surface area contributed by atoms with Gasteiger partial charge in [0, 0.05) is 12.6 Å². The molecule has 1 N–H and O–H groups in total. The van der Waals surface area contributed by atoms with E-state index in [1.54, 1.807) is 12.0 Å². The monoisotopic (exact) mass is 566 g/mol. The molecule has 0 aliphatic heterocycles. The van der Waals surface area contributed by atoms with Gasteiger partial charge in [-0.05, 0) is 69.7 Å². The fourth-order valence-electron chi connectivity index (χ4n) is 4.98. The summed E-state index contributed by atoms with van der Waals surface area (Å²) in [7, 11) is 1.61. The lowest BCUT2D eigenvalue weighted by molar-refractivity contribution is -0.143. The number of hydrogen-bond acceptors (Lipinski definition) is 4. The van der Waals surface area contributed by atoms with Crippen LogP contribution in [0.15, 0.2) is 65.1 Å². The van der Waals surface area contributed by atoms with Gasteiger partial charge in [-0.2, -0.15) is 0 Å². The Kier molecular flexibility index (Phi) is 9.45. The first-order chi connectivity index (χ1) is 18.0. The summed E-state index contributed by atoms with van der Waals surface area (Å²) in [5.74, 6) is 0.958. The van der Waals surface area contributed by atoms with Crippen LogP contribution in [0.5, 0.6) is 11.5 Å². The summed E-state index contributed by atoms with van der Waals surface area (Å²) in [6, 6.07) is 19.0. The average molecular weight is 568 g/mol. The molecule has 0 spiro atoms. The Balaban J connectivity index is 1.54. The van der Waals surface area contributed by atoms with Crippen molar-refractivity contribution in [3.05, 3.63) is 70.7 Å². The van der Waals surface area contributed by atoms with Gasteiger partial charge < -0.3 is 19.7 Å². The van der Waals surface area contributed by atoms with E-state index in [-0.39, 0.29) is 31.0 Å². The van der Waals surface area contributed by atoms with Crippen LogP contribution >= 0.6 is 15.9 Å². The quantitative estimate of drug-likeness (QED) is 0.315. The zero-order chi connectivity index (χ0) is 26.2. The van der Waals surface area contributed by atoms with Crippen molar-refractivity contribution in [3.8, 4) is 11.5 Å². The first kappa shape index (κ1) is 27.0. The standard InChI is InChI=1S/C30H35BrN2O4/c1-3-26(30(35)32-23-12-5-4-6-13-23)33(19-21-10-9-14-24(18-21)36-2)28(34)20-37-27-17-16-22-11-7-8-15-25(22)29(27)31/h7-11,14-18,23,26H,3-6,12-13,19-20H2,1-2H3,(H,32,35)/t26-/m0/s1. The molecular formula is C30H35BrN2O4. The van der Waals surface area contributed by atoms with Gasteiger partial charge >= 0.3 is 0 Å². The third-order valence-corrected chi connectivity index (χ3v) is 7.82. The minimum atomic E-state index is -0.593. The van der Waals surface area contributed by atoms with Gasteiger partial charge in [0.15, 0.2) is 6.61 Å². The number of nitrogens with zero attached hydrogens (tertiary/aromatic N) is 1. The SMILES string of the molecule is CC[C@@H](C(=O)NC1CCCCC1)N(Cc1cccc(OC)c1)C(=O)COc1ccc2ccccc2c1Br. The molecule has 0 unspecified atom stereocenters. The number of nitrogens with one attached hydrogen (secondary N) is 1. The number of amides is 2. The predicted molar refractivity (Wildman–Crippen MR) is 150 cm³/mol. The lowest BCUT2D eigenvalue weighted by atomic mass is 9.95.